The maximum atomic E-state index is 12.5. The van der Waals surface area contributed by atoms with Gasteiger partial charge in [0, 0.05) is 6.42 Å². The lowest BCUT2D eigenvalue weighted by atomic mass is 10.1. The number of amides is 2. The van der Waals surface area contributed by atoms with Gasteiger partial charge in [0.15, 0.2) is 0 Å². The van der Waals surface area contributed by atoms with Crippen molar-refractivity contribution < 1.29 is 14.3 Å². The van der Waals surface area contributed by atoms with E-state index in [1.54, 1.807) is 24.3 Å². The Kier molecular flexibility index (Phi) is 7.07. The Labute approximate surface area is 139 Å². The van der Waals surface area contributed by atoms with E-state index in [-0.39, 0.29) is 11.8 Å². The third-order valence-corrected chi connectivity index (χ3v) is 3.48. The highest BCUT2D eigenvalue weighted by atomic mass is 16.5. The van der Waals surface area contributed by atoms with Crippen LogP contribution in [0.15, 0.2) is 24.3 Å². The van der Waals surface area contributed by atoms with Gasteiger partial charge < -0.3 is 4.74 Å². The third-order valence-electron chi connectivity index (χ3n) is 3.48. The average molecular weight is 320 g/mol. The molecule has 0 aliphatic carbocycles. The second kappa shape index (κ2) is 8.56. The zero-order valence-electron chi connectivity index (χ0n) is 14.8. The van der Waals surface area contributed by atoms with Crippen molar-refractivity contribution >= 4 is 11.8 Å². The minimum Gasteiger partial charge on any atom is -0.496 e. The van der Waals surface area contributed by atoms with E-state index in [1.165, 1.54) is 12.1 Å². The molecule has 1 aromatic rings. The van der Waals surface area contributed by atoms with Crippen LogP contribution in [-0.2, 0) is 4.79 Å². The first-order valence-corrected chi connectivity index (χ1v) is 8.08. The van der Waals surface area contributed by atoms with Gasteiger partial charge in [-0.15, -0.1) is 0 Å². The molecule has 0 bridgehead atoms. The molecule has 5 heteroatoms. The predicted octanol–water partition coefficient (Wildman–Crippen LogP) is 3.55. The largest absolute Gasteiger partial charge is 0.496 e. The first kappa shape index (κ1) is 19.0. The molecule has 128 valence electrons. The van der Waals surface area contributed by atoms with Crippen LogP contribution in [0, 0.1) is 0 Å². The summed E-state index contributed by atoms with van der Waals surface area (Å²) in [6.45, 7) is 7.78. The standard InChI is InChI=1S/C18H28N2O3/c1-6-7-8-13-16(21)20(18(2,3)4)19-17(22)14-11-9-10-12-15(14)23-5/h9-12H,6-8,13H2,1-5H3,(H,19,22). The Bertz CT molecular complexity index is 535. The number of benzene rings is 1. The molecule has 0 radical (unpaired) electrons. The van der Waals surface area contributed by atoms with Gasteiger partial charge in [-0.25, -0.2) is 5.01 Å². The van der Waals surface area contributed by atoms with Crippen molar-refractivity contribution in [1.29, 1.82) is 0 Å². The lowest BCUT2D eigenvalue weighted by molar-refractivity contribution is -0.139. The quantitative estimate of drug-likeness (QED) is 0.644. The molecule has 0 fully saturated rings. The number of hydrazine groups is 1. The smallest absolute Gasteiger partial charge is 0.273 e. The molecule has 23 heavy (non-hydrogen) atoms. The number of carbonyl (C=O) groups is 2. The highest BCUT2D eigenvalue weighted by Crippen LogP contribution is 2.19. The number of ether oxygens (including phenoxy) is 1. The van der Waals surface area contributed by atoms with Gasteiger partial charge in [-0.3, -0.25) is 15.0 Å². The Balaban J connectivity index is 2.89. The van der Waals surface area contributed by atoms with Crippen molar-refractivity contribution in [2.24, 2.45) is 0 Å². The molecular formula is C18H28N2O3. The van der Waals surface area contributed by atoms with Gasteiger partial charge >= 0.3 is 0 Å². The second-order valence-electron chi connectivity index (χ2n) is 6.50. The highest BCUT2D eigenvalue weighted by molar-refractivity contribution is 5.98. The van der Waals surface area contributed by atoms with E-state index >= 15 is 0 Å². The molecule has 0 saturated heterocycles. The van der Waals surface area contributed by atoms with Crippen LogP contribution in [0.4, 0.5) is 0 Å². The molecule has 0 spiro atoms. The van der Waals surface area contributed by atoms with E-state index < -0.39 is 5.54 Å². The molecule has 1 aromatic carbocycles. The number of unbranched alkanes of at least 4 members (excludes halogenated alkanes) is 2. The number of para-hydroxylation sites is 1. The van der Waals surface area contributed by atoms with Crippen molar-refractivity contribution in [3.8, 4) is 5.75 Å². The Hall–Kier alpha value is -2.04. The summed E-state index contributed by atoms with van der Waals surface area (Å²) < 4.78 is 5.21. The van der Waals surface area contributed by atoms with Gasteiger partial charge in [-0.2, -0.15) is 0 Å². The lowest BCUT2D eigenvalue weighted by Gasteiger charge is -2.35. The summed E-state index contributed by atoms with van der Waals surface area (Å²) in [4.78, 5) is 25.0. The maximum Gasteiger partial charge on any atom is 0.273 e. The minimum absolute atomic E-state index is 0.0748. The summed E-state index contributed by atoms with van der Waals surface area (Å²) >= 11 is 0. The van der Waals surface area contributed by atoms with Crippen LogP contribution in [0.5, 0.6) is 5.75 Å². The van der Waals surface area contributed by atoms with Crippen LogP contribution in [0.2, 0.25) is 0 Å². The highest BCUT2D eigenvalue weighted by Gasteiger charge is 2.28. The summed E-state index contributed by atoms with van der Waals surface area (Å²) in [6.07, 6.45) is 3.31. The first-order valence-electron chi connectivity index (χ1n) is 8.08. The normalized spacial score (nSPS) is 11.0. The summed E-state index contributed by atoms with van der Waals surface area (Å²) in [5.41, 5.74) is 2.65. The van der Waals surface area contributed by atoms with Crippen LogP contribution < -0.4 is 10.2 Å². The second-order valence-corrected chi connectivity index (χ2v) is 6.50. The number of hydrogen-bond acceptors (Lipinski definition) is 3. The Morgan fingerprint density at radius 2 is 1.83 bits per heavy atom. The van der Waals surface area contributed by atoms with Crippen molar-refractivity contribution in [1.82, 2.24) is 10.4 Å². The molecule has 1 N–H and O–H groups in total. The lowest BCUT2D eigenvalue weighted by Crippen LogP contribution is -2.55. The number of nitrogens with one attached hydrogen (secondary N) is 1. The molecule has 0 aliphatic heterocycles. The number of carbonyl (C=O) groups excluding carboxylic acids is 2. The molecular weight excluding hydrogens is 292 g/mol. The molecule has 0 heterocycles. The zero-order chi connectivity index (χ0) is 17.5. The van der Waals surface area contributed by atoms with E-state index in [0.717, 1.165) is 19.3 Å². The number of hydrogen-bond donors (Lipinski definition) is 1. The fourth-order valence-electron chi connectivity index (χ4n) is 2.24. The van der Waals surface area contributed by atoms with Crippen molar-refractivity contribution in [2.45, 2.75) is 58.9 Å². The van der Waals surface area contributed by atoms with Crippen molar-refractivity contribution in [3.05, 3.63) is 29.8 Å². The molecule has 2 amide bonds. The monoisotopic (exact) mass is 320 g/mol. The van der Waals surface area contributed by atoms with Gasteiger partial charge in [0.2, 0.25) is 5.91 Å². The van der Waals surface area contributed by atoms with E-state index in [2.05, 4.69) is 12.3 Å². The van der Waals surface area contributed by atoms with E-state index in [4.69, 9.17) is 4.74 Å². The van der Waals surface area contributed by atoms with Crippen LogP contribution in [0.1, 0.15) is 63.7 Å². The zero-order valence-corrected chi connectivity index (χ0v) is 14.8. The molecule has 0 atom stereocenters. The third kappa shape index (κ3) is 5.58. The Morgan fingerprint density at radius 1 is 1.17 bits per heavy atom. The van der Waals surface area contributed by atoms with Gasteiger partial charge in [0.25, 0.3) is 5.91 Å². The predicted molar refractivity (Wildman–Crippen MR) is 91.2 cm³/mol. The average Bonchev–Trinajstić information content (AvgIpc) is 2.51. The summed E-state index contributed by atoms with van der Waals surface area (Å²) in [5, 5.41) is 1.43. The molecule has 5 nitrogen and oxygen atoms in total. The topological polar surface area (TPSA) is 58.6 Å². The van der Waals surface area contributed by atoms with E-state index in [9.17, 15) is 9.59 Å². The number of methoxy groups -OCH3 is 1. The fourth-order valence-corrected chi connectivity index (χ4v) is 2.24. The van der Waals surface area contributed by atoms with Crippen LogP contribution in [0.3, 0.4) is 0 Å². The van der Waals surface area contributed by atoms with Crippen LogP contribution in [-0.4, -0.2) is 29.5 Å². The van der Waals surface area contributed by atoms with E-state index in [1.807, 2.05) is 20.8 Å². The van der Waals surface area contributed by atoms with Gasteiger partial charge in [-0.05, 0) is 39.3 Å². The summed E-state index contributed by atoms with van der Waals surface area (Å²) in [7, 11) is 1.52. The van der Waals surface area contributed by atoms with Crippen LogP contribution in [0.25, 0.3) is 0 Å². The molecule has 0 unspecified atom stereocenters. The fraction of sp³-hybridized carbons (Fsp3) is 0.556. The van der Waals surface area contributed by atoms with Crippen molar-refractivity contribution in [3.63, 3.8) is 0 Å². The van der Waals surface area contributed by atoms with Gasteiger partial charge in [0.05, 0.1) is 18.2 Å². The summed E-state index contributed by atoms with van der Waals surface area (Å²) in [6, 6.07) is 6.96. The molecule has 1 rings (SSSR count). The van der Waals surface area contributed by atoms with Gasteiger partial charge in [0.1, 0.15) is 5.75 Å². The Morgan fingerprint density at radius 3 is 2.39 bits per heavy atom. The summed E-state index contributed by atoms with van der Waals surface area (Å²) in [5.74, 6) is 0.0627. The number of nitrogens with zero attached hydrogens (tertiary/aromatic N) is 1. The van der Waals surface area contributed by atoms with Crippen molar-refractivity contribution in [2.75, 3.05) is 7.11 Å². The molecule has 0 aliphatic rings. The number of rotatable bonds is 6. The van der Waals surface area contributed by atoms with E-state index in [0.29, 0.717) is 17.7 Å². The molecule has 0 aromatic heterocycles. The molecule has 0 saturated carbocycles. The van der Waals surface area contributed by atoms with Crippen LogP contribution >= 0.6 is 0 Å². The first-order chi connectivity index (χ1) is 10.8. The minimum atomic E-state index is -0.499. The SMILES string of the molecule is CCCCCC(=O)N(NC(=O)c1ccccc1OC)C(C)(C)C. The maximum absolute atomic E-state index is 12.5. The van der Waals surface area contributed by atoms with Gasteiger partial charge in [-0.1, -0.05) is 31.9 Å².